The monoisotopic (exact) mass is 667 g/mol. The molecule has 2 fully saturated rings. The van der Waals surface area contributed by atoms with Crippen LogP contribution in [0.4, 0.5) is 24.5 Å². The normalized spacial score (nSPS) is 18.3. The van der Waals surface area contributed by atoms with Crippen molar-refractivity contribution in [1.82, 2.24) is 15.2 Å². The van der Waals surface area contributed by atoms with Gasteiger partial charge in [-0.2, -0.15) is 13.2 Å². The highest BCUT2D eigenvalue weighted by molar-refractivity contribution is 6.02. The summed E-state index contributed by atoms with van der Waals surface area (Å²) >= 11 is 0. The molecular formula is C35H44F3N7O3. The summed E-state index contributed by atoms with van der Waals surface area (Å²) in [7, 11) is 0. The molecule has 2 saturated heterocycles. The Morgan fingerprint density at radius 3 is 2.50 bits per heavy atom. The van der Waals surface area contributed by atoms with Gasteiger partial charge in [-0.25, -0.2) is 4.98 Å². The van der Waals surface area contributed by atoms with E-state index >= 15 is 0 Å². The third kappa shape index (κ3) is 7.52. The average molecular weight is 668 g/mol. The summed E-state index contributed by atoms with van der Waals surface area (Å²) in [6.07, 6.45) is -1.46. The molecule has 1 aromatic heterocycles. The molecule has 0 aliphatic carbocycles. The van der Waals surface area contributed by atoms with Gasteiger partial charge in [-0.3, -0.25) is 9.59 Å². The van der Waals surface area contributed by atoms with Gasteiger partial charge in [0.15, 0.2) is 0 Å². The van der Waals surface area contributed by atoms with Crippen LogP contribution in [-0.4, -0.2) is 86.7 Å². The number of alkyl halides is 3. The molecule has 2 aliphatic rings. The molecule has 48 heavy (non-hydrogen) atoms. The predicted molar refractivity (Wildman–Crippen MR) is 180 cm³/mol. The molecule has 0 bridgehead atoms. The maximum Gasteiger partial charge on any atom is 0.416 e. The molecule has 0 radical (unpaired) electrons. The van der Waals surface area contributed by atoms with Crippen molar-refractivity contribution in [2.45, 2.75) is 38.9 Å². The van der Waals surface area contributed by atoms with Gasteiger partial charge in [-0.1, -0.05) is 13.0 Å². The van der Waals surface area contributed by atoms with Gasteiger partial charge in [0.05, 0.1) is 29.0 Å². The summed E-state index contributed by atoms with van der Waals surface area (Å²) in [5, 5.41) is 2.89. The number of hydrogen-bond donors (Lipinski definition) is 3. The average Bonchev–Trinajstić information content (AvgIpc) is 3.59. The summed E-state index contributed by atoms with van der Waals surface area (Å²) in [4.78, 5) is 37.6. The highest BCUT2D eigenvalue weighted by Gasteiger charge is 2.36. The fourth-order valence-corrected chi connectivity index (χ4v) is 6.55. The minimum absolute atomic E-state index is 0.154. The number of amides is 2. The Morgan fingerprint density at radius 1 is 1.00 bits per heavy atom. The molecule has 1 unspecified atom stereocenters. The van der Waals surface area contributed by atoms with E-state index < -0.39 is 11.7 Å². The molecule has 0 spiro atoms. The number of nitrogens with two attached hydrogens (primary N) is 2. The minimum Gasteiger partial charge on any atom is -0.478 e. The van der Waals surface area contributed by atoms with E-state index in [-0.39, 0.29) is 41.6 Å². The van der Waals surface area contributed by atoms with Gasteiger partial charge in [0.2, 0.25) is 5.88 Å². The van der Waals surface area contributed by atoms with E-state index in [1.165, 1.54) is 6.07 Å². The highest BCUT2D eigenvalue weighted by atomic mass is 19.4. The van der Waals surface area contributed by atoms with Crippen LogP contribution in [0.3, 0.4) is 0 Å². The van der Waals surface area contributed by atoms with E-state index in [4.69, 9.17) is 16.2 Å². The Hall–Kier alpha value is -4.36. The van der Waals surface area contributed by atoms with Gasteiger partial charge in [0.25, 0.3) is 11.8 Å². The second-order valence-corrected chi connectivity index (χ2v) is 12.1. The van der Waals surface area contributed by atoms with Gasteiger partial charge in [-0.05, 0) is 80.3 Å². The maximum atomic E-state index is 14.1. The first-order valence-electron chi connectivity index (χ1n) is 16.5. The summed E-state index contributed by atoms with van der Waals surface area (Å²) in [5.41, 5.74) is 14.0. The largest absolute Gasteiger partial charge is 0.478 e. The third-order valence-electron chi connectivity index (χ3n) is 9.10. The molecule has 0 saturated carbocycles. The lowest BCUT2D eigenvalue weighted by Gasteiger charge is -2.43. The van der Waals surface area contributed by atoms with Crippen LogP contribution in [0.15, 0.2) is 54.7 Å². The van der Waals surface area contributed by atoms with Gasteiger partial charge in [0, 0.05) is 69.3 Å². The molecule has 13 heteroatoms. The summed E-state index contributed by atoms with van der Waals surface area (Å²) in [6.45, 7) is 7.47. The molecule has 5 N–H and O–H groups in total. The lowest BCUT2D eigenvalue weighted by Crippen LogP contribution is -2.55. The topological polar surface area (TPSA) is 130 Å². The molecule has 2 atom stereocenters. The number of halogens is 3. The molecule has 258 valence electrons. The Bertz CT molecular complexity index is 1600. The van der Waals surface area contributed by atoms with E-state index in [1.807, 2.05) is 49.1 Å². The molecule has 2 aliphatic heterocycles. The predicted octanol–water partition coefficient (Wildman–Crippen LogP) is 4.38. The van der Waals surface area contributed by atoms with Gasteiger partial charge in [-0.15, -0.1) is 0 Å². The van der Waals surface area contributed by atoms with Crippen molar-refractivity contribution in [3.05, 3.63) is 71.4 Å². The molecule has 2 amide bonds. The first-order valence-corrected chi connectivity index (χ1v) is 16.5. The third-order valence-corrected chi connectivity index (χ3v) is 9.10. The van der Waals surface area contributed by atoms with Crippen molar-refractivity contribution in [2.75, 3.05) is 68.8 Å². The quantitative estimate of drug-likeness (QED) is 0.275. The number of anilines is 2. The first-order chi connectivity index (χ1) is 23.1. The Kier molecular flexibility index (Phi) is 11.1. The van der Waals surface area contributed by atoms with E-state index in [0.717, 1.165) is 29.7 Å². The number of piperazine rings is 1. The van der Waals surface area contributed by atoms with Gasteiger partial charge >= 0.3 is 6.18 Å². The van der Waals surface area contributed by atoms with Gasteiger partial charge < -0.3 is 36.2 Å². The fraction of sp³-hybridized carbons (Fsp3) is 0.457. The van der Waals surface area contributed by atoms with Crippen LogP contribution in [0.25, 0.3) is 11.1 Å². The number of carbonyl (C=O) groups is 2. The number of rotatable bonds is 11. The van der Waals surface area contributed by atoms with E-state index in [2.05, 4.69) is 15.2 Å². The van der Waals surface area contributed by atoms with Gasteiger partial charge in [0.1, 0.15) is 0 Å². The zero-order valence-corrected chi connectivity index (χ0v) is 27.4. The number of pyridine rings is 1. The smallest absolute Gasteiger partial charge is 0.416 e. The van der Waals surface area contributed by atoms with Crippen molar-refractivity contribution in [3.8, 4) is 17.0 Å². The summed E-state index contributed by atoms with van der Waals surface area (Å²) < 4.78 is 47.0. The van der Waals surface area contributed by atoms with Crippen molar-refractivity contribution in [2.24, 2.45) is 17.4 Å². The molecule has 2 aromatic carbocycles. The highest BCUT2D eigenvalue weighted by Crippen LogP contribution is 2.37. The lowest BCUT2D eigenvalue weighted by molar-refractivity contribution is -0.137. The molecular weight excluding hydrogens is 623 g/mol. The van der Waals surface area contributed by atoms with Crippen LogP contribution in [0.1, 0.15) is 53.0 Å². The minimum atomic E-state index is -4.53. The van der Waals surface area contributed by atoms with Crippen molar-refractivity contribution < 1.29 is 27.5 Å². The molecule has 5 rings (SSSR count). The van der Waals surface area contributed by atoms with E-state index in [9.17, 15) is 22.8 Å². The number of nitrogens with one attached hydrogen (secondary N) is 1. The number of ether oxygens (including phenoxy) is 1. The van der Waals surface area contributed by atoms with Crippen LogP contribution in [-0.2, 0) is 6.18 Å². The van der Waals surface area contributed by atoms with Crippen LogP contribution >= 0.6 is 0 Å². The molecule has 3 heterocycles. The molecule has 3 aromatic rings. The zero-order valence-electron chi connectivity index (χ0n) is 27.4. The second-order valence-electron chi connectivity index (χ2n) is 12.1. The zero-order chi connectivity index (χ0) is 34.4. The maximum absolute atomic E-state index is 14.1. The Balaban J connectivity index is 1.44. The number of carbonyl (C=O) groups excluding carboxylic acids is 2. The SMILES string of the molecule is CCOc1ncccc1-c1ccc(N2CCN(C(=O)c3ccc(C(F)(F)F)cc3N3CCC(CN)C3)C[C@H]2CC)c(C(=O)NCCN)c1. The first kappa shape index (κ1) is 35.0. The Labute approximate surface area is 279 Å². The fourth-order valence-electron chi connectivity index (χ4n) is 6.55. The van der Waals surface area contributed by atoms with Crippen molar-refractivity contribution in [1.29, 1.82) is 0 Å². The van der Waals surface area contributed by atoms with Crippen molar-refractivity contribution >= 4 is 23.2 Å². The number of benzene rings is 2. The Morgan fingerprint density at radius 2 is 1.81 bits per heavy atom. The van der Waals surface area contributed by atoms with E-state index in [0.29, 0.717) is 76.0 Å². The summed E-state index contributed by atoms with van der Waals surface area (Å²) in [5.74, 6) is 0.0319. The summed E-state index contributed by atoms with van der Waals surface area (Å²) in [6, 6.07) is 12.6. The van der Waals surface area contributed by atoms with Crippen LogP contribution in [0, 0.1) is 5.92 Å². The number of nitrogens with zero attached hydrogens (tertiary/aromatic N) is 4. The van der Waals surface area contributed by atoms with E-state index in [1.54, 1.807) is 11.1 Å². The van der Waals surface area contributed by atoms with Crippen LogP contribution in [0.2, 0.25) is 0 Å². The number of hydrogen-bond acceptors (Lipinski definition) is 8. The van der Waals surface area contributed by atoms with Crippen LogP contribution < -0.4 is 31.3 Å². The van der Waals surface area contributed by atoms with Crippen LogP contribution in [0.5, 0.6) is 5.88 Å². The number of aromatic nitrogens is 1. The lowest BCUT2D eigenvalue weighted by atomic mass is 9.98. The molecule has 10 nitrogen and oxygen atoms in total. The van der Waals surface area contributed by atoms with Crippen molar-refractivity contribution in [3.63, 3.8) is 0 Å². The standard InChI is InChI=1S/C35H44F3N7O3/c1-3-26-22-44(34(47)28-9-8-25(35(36,37)38)19-31(28)43-15-11-23(20-40)21-43)16-17-45(26)30-10-7-24(18-29(30)32(46)41-14-12-39)27-6-5-13-42-33(27)48-4-2/h5-10,13,18-19,23,26H,3-4,11-12,14-17,20-22,39-40H2,1-2H3,(H,41,46)/t23?,26-/m1/s1. The second kappa shape index (κ2) is 15.2.